The summed E-state index contributed by atoms with van der Waals surface area (Å²) >= 11 is 0. The summed E-state index contributed by atoms with van der Waals surface area (Å²) in [6.07, 6.45) is 3.17. The number of rotatable bonds is 6. The molecule has 0 aliphatic carbocycles. The van der Waals surface area contributed by atoms with Gasteiger partial charge in [0, 0.05) is 35.3 Å². The Morgan fingerprint density at radius 1 is 1.07 bits per heavy atom. The summed E-state index contributed by atoms with van der Waals surface area (Å²) < 4.78 is 7.26. The largest absolute Gasteiger partial charge is 0.462 e. The lowest BCUT2D eigenvalue weighted by molar-refractivity contribution is -0.111. The van der Waals surface area contributed by atoms with E-state index in [1.54, 1.807) is 13.0 Å². The number of carbonyl (C=O) groups excluding carboxylic acids is 2. The highest BCUT2D eigenvalue weighted by atomic mass is 16.5. The van der Waals surface area contributed by atoms with E-state index in [0.717, 1.165) is 40.3 Å². The quantitative estimate of drug-likeness (QED) is 0.600. The number of nitrogens with one attached hydrogen (secondary N) is 1. The number of amides is 1. The molecule has 1 heterocycles. The number of benzene rings is 1. The molecule has 5 heteroatoms. The van der Waals surface area contributed by atoms with E-state index < -0.39 is 0 Å². The van der Waals surface area contributed by atoms with Crippen molar-refractivity contribution in [2.24, 2.45) is 0 Å². The Morgan fingerprint density at radius 3 is 2.26 bits per heavy atom. The molecule has 0 unspecified atom stereocenters. The molecule has 0 radical (unpaired) electrons. The van der Waals surface area contributed by atoms with Gasteiger partial charge in [-0.3, -0.25) is 4.79 Å². The van der Waals surface area contributed by atoms with Crippen LogP contribution in [0.3, 0.4) is 0 Å². The van der Waals surface area contributed by atoms with Crippen molar-refractivity contribution in [3.63, 3.8) is 0 Å². The highest BCUT2D eigenvalue weighted by Gasteiger charge is 2.22. The second kappa shape index (κ2) is 8.71. The number of aromatic nitrogens is 1. The Balaban J connectivity index is 2.35. The van der Waals surface area contributed by atoms with Crippen LogP contribution in [0.1, 0.15) is 52.3 Å². The first kappa shape index (κ1) is 20.5. The van der Waals surface area contributed by atoms with Crippen molar-refractivity contribution in [1.29, 1.82) is 0 Å². The number of para-hydroxylation sites is 1. The maximum Gasteiger partial charge on any atom is 0.340 e. The van der Waals surface area contributed by atoms with Gasteiger partial charge in [0.15, 0.2) is 0 Å². The lowest BCUT2D eigenvalue weighted by atomic mass is 10.1. The summed E-state index contributed by atoms with van der Waals surface area (Å²) in [7, 11) is 0. The molecule has 0 spiro atoms. The number of nitrogens with zero attached hydrogens (tertiary/aromatic N) is 1. The van der Waals surface area contributed by atoms with Crippen LogP contribution >= 0.6 is 0 Å². The molecule has 0 fully saturated rings. The fourth-order valence-corrected chi connectivity index (χ4v) is 3.38. The second-order valence-corrected chi connectivity index (χ2v) is 6.51. The van der Waals surface area contributed by atoms with Gasteiger partial charge in [0.25, 0.3) is 0 Å². The van der Waals surface area contributed by atoms with E-state index in [-0.39, 0.29) is 11.9 Å². The van der Waals surface area contributed by atoms with Crippen LogP contribution in [-0.2, 0) is 16.1 Å². The molecular formula is C22H28N2O3. The van der Waals surface area contributed by atoms with Crippen LogP contribution in [0, 0.1) is 27.7 Å². The fraction of sp³-hybridized carbons (Fsp3) is 0.364. The minimum Gasteiger partial charge on any atom is -0.462 e. The monoisotopic (exact) mass is 368 g/mol. The number of aryl methyl sites for hydroxylation is 2. The van der Waals surface area contributed by atoms with Crippen molar-refractivity contribution in [3.8, 4) is 0 Å². The van der Waals surface area contributed by atoms with Crippen LogP contribution in [-0.4, -0.2) is 23.1 Å². The van der Waals surface area contributed by atoms with E-state index in [1.807, 2.05) is 52.8 Å². The first-order valence-electron chi connectivity index (χ1n) is 9.23. The average molecular weight is 368 g/mol. The van der Waals surface area contributed by atoms with Gasteiger partial charge in [0.05, 0.1) is 12.2 Å². The molecule has 2 aromatic rings. The van der Waals surface area contributed by atoms with Gasteiger partial charge in [-0.2, -0.15) is 0 Å². The van der Waals surface area contributed by atoms with Crippen LogP contribution in [0.25, 0.3) is 6.08 Å². The first-order chi connectivity index (χ1) is 12.8. The normalized spacial score (nSPS) is 11.0. The highest BCUT2D eigenvalue weighted by molar-refractivity contribution is 6.04. The highest BCUT2D eigenvalue weighted by Crippen LogP contribution is 2.25. The Hall–Kier alpha value is -2.82. The van der Waals surface area contributed by atoms with Crippen molar-refractivity contribution < 1.29 is 14.3 Å². The molecule has 0 aliphatic rings. The zero-order valence-electron chi connectivity index (χ0n) is 17.0. The number of carbonyl (C=O) groups is 2. The van der Waals surface area contributed by atoms with E-state index in [0.29, 0.717) is 12.2 Å². The van der Waals surface area contributed by atoms with E-state index in [2.05, 4.69) is 9.88 Å². The minimum atomic E-state index is -0.361. The molecule has 1 aromatic carbocycles. The number of esters is 1. The molecule has 144 valence electrons. The van der Waals surface area contributed by atoms with Crippen molar-refractivity contribution in [1.82, 2.24) is 4.57 Å². The number of hydrogen-bond acceptors (Lipinski definition) is 3. The molecule has 0 bridgehead atoms. The Bertz CT molecular complexity index is 871. The van der Waals surface area contributed by atoms with E-state index in [1.165, 1.54) is 6.08 Å². The standard InChI is InChI=1S/C22H28N2O3/c1-7-24-16(5)18(20(17(24)6)22(26)27-8-2)12-13-19(25)23-21-14(3)10-9-11-15(21)4/h9-13H,7-8H2,1-6H3,(H,23,25)/b13-12+. The smallest absolute Gasteiger partial charge is 0.340 e. The summed E-state index contributed by atoms with van der Waals surface area (Å²) in [5.74, 6) is -0.594. The summed E-state index contributed by atoms with van der Waals surface area (Å²) in [5, 5.41) is 2.93. The maximum atomic E-state index is 12.4. The Kier molecular flexibility index (Phi) is 6.61. The third-order valence-corrected chi connectivity index (χ3v) is 4.76. The molecule has 0 saturated heterocycles. The molecule has 27 heavy (non-hydrogen) atoms. The summed E-state index contributed by atoms with van der Waals surface area (Å²) in [5.41, 5.74) is 5.87. The van der Waals surface area contributed by atoms with Gasteiger partial charge in [-0.1, -0.05) is 18.2 Å². The lowest BCUT2D eigenvalue weighted by Gasteiger charge is -2.09. The van der Waals surface area contributed by atoms with Gasteiger partial charge in [-0.05, 0) is 58.7 Å². The van der Waals surface area contributed by atoms with Gasteiger partial charge in [-0.15, -0.1) is 0 Å². The Morgan fingerprint density at radius 2 is 1.70 bits per heavy atom. The van der Waals surface area contributed by atoms with E-state index in [9.17, 15) is 9.59 Å². The zero-order chi connectivity index (χ0) is 20.1. The fourth-order valence-electron chi connectivity index (χ4n) is 3.38. The van der Waals surface area contributed by atoms with Crippen molar-refractivity contribution in [2.75, 3.05) is 11.9 Å². The lowest BCUT2D eigenvalue weighted by Crippen LogP contribution is -2.10. The molecule has 1 N–H and O–H groups in total. The van der Waals surface area contributed by atoms with Crippen molar-refractivity contribution in [2.45, 2.75) is 48.1 Å². The van der Waals surface area contributed by atoms with Gasteiger partial charge in [-0.25, -0.2) is 4.79 Å². The molecule has 5 nitrogen and oxygen atoms in total. The van der Waals surface area contributed by atoms with Crippen LogP contribution in [0.4, 0.5) is 5.69 Å². The maximum absolute atomic E-state index is 12.4. The van der Waals surface area contributed by atoms with Crippen molar-refractivity contribution in [3.05, 3.63) is 57.9 Å². The van der Waals surface area contributed by atoms with Gasteiger partial charge in [0.1, 0.15) is 0 Å². The van der Waals surface area contributed by atoms with Crippen LogP contribution in [0.15, 0.2) is 24.3 Å². The van der Waals surface area contributed by atoms with Gasteiger partial charge >= 0.3 is 5.97 Å². The first-order valence-corrected chi connectivity index (χ1v) is 9.23. The molecule has 0 saturated carbocycles. The van der Waals surface area contributed by atoms with E-state index >= 15 is 0 Å². The SMILES string of the molecule is CCOC(=O)c1c(/C=C/C(=O)Nc2c(C)cccc2C)c(C)n(CC)c1C. The molecule has 2 rings (SSSR count). The minimum absolute atomic E-state index is 0.233. The number of ether oxygens (including phenoxy) is 1. The summed E-state index contributed by atoms with van der Waals surface area (Å²) in [6, 6.07) is 5.88. The predicted octanol–water partition coefficient (Wildman–Crippen LogP) is 4.57. The van der Waals surface area contributed by atoms with Crippen molar-refractivity contribution >= 4 is 23.6 Å². The van der Waals surface area contributed by atoms with Gasteiger partial charge in [0.2, 0.25) is 5.91 Å². The second-order valence-electron chi connectivity index (χ2n) is 6.51. The van der Waals surface area contributed by atoms with Gasteiger partial charge < -0.3 is 14.6 Å². The van der Waals surface area contributed by atoms with Crippen LogP contribution in [0.5, 0.6) is 0 Å². The molecule has 1 amide bonds. The topological polar surface area (TPSA) is 60.3 Å². The molecule has 0 aliphatic heterocycles. The Labute approximate surface area is 161 Å². The molecular weight excluding hydrogens is 340 g/mol. The summed E-state index contributed by atoms with van der Waals surface area (Å²) in [4.78, 5) is 24.9. The third-order valence-electron chi connectivity index (χ3n) is 4.76. The summed E-state index contributed by atoms with van der Waals surface area (Å²) in [6.45, 7) is 12.6. The molecule has 1 aromatic heterocycles. The molecule has 0 atom stereocenters. The predicted molar refractivity (Wildman–Crippen MR) is 109 cm³/mol. The number of anilines is 1. The van der Waals surface area contributed by atoms with Crippen LogP contribution in [0.2, 0.25) is 0 Å². The average Bonchev–Trinajstić information content (AvgIpc) is 2.86. The zero-order valence-corrected chi connectivity index (χ0v) is 17.0. The number of hydrogen-bond donors (Lipinski definition) is 1. The van der Waals surface area contributed by atoms with E-state index in [4.69, 9.17) is 4.74 Å². The third kappa shape index (κ3) is 4.30. The van der Waals surface area contributed by atoms with Crippen LogP contribution < -0.4 is 5.32 Å².